The minimum absolute atomic E-state index is 0.221. The van der Waals surface area contributed by atoms with Crippen molar-refractivity contribution in [2.24, 2.45) is 20.0 Å². The minimum Gasteiger partial charge on any atom is -0.282 e. The van der Waals surface area contributed by atoms with Crippen molar-refractivity contribution in [1.29, 1.82) is 0 Å². The molecule has 64 heavy (non-hydrogen) atoms. The summed E-state index contributed by atoms with van der Waals surface area (Å²) in [4.78, 5) is 18.9. The van der Waals surface area contributed by atoms with Crippen molar-refractivity contribution in [2.75, 3.05) is 0 Å². The first kappa shape index (κ1) is 42.7. The first-order valence-electron chi connectivity index (χ1n) is 18.9. The van der Waals surface area contributed by atoms with Crippen LogP contribution in [0.3, 0.4) is 0 Å². The molecular formula is C44H30N4O12S4. The summed E-state index contributed by atoms with van der Waals surface area (Å²) in [5.41, 5.74) is 6.66. The number of allylic oxidation sites excluding steroid dienone is 10. The van der Waals surface area contributed by atoms with E-state index < -0.39 is 46.4 Å². The van der Waals surface area contributed by atoms with E-state index in [4.69, 9.17) is 20.0 Å². The number of rotatable bonds is 8. The molecule has 5 heterocycles. The van der Waals surface area contributed by atoms with Gasteiger partial charge in [-0.05, 0) is 107 Å². The molecule has 0 amide bonds. The molecule has 4 aromatic carbocycles. The number of hydrogen-bond donors (Lipinski definition) is 4. The number of aliphatic imine (C=N–C) groups is 4. The van der Waals surface area contributed by atoms with Crippen LogP contribution in [0.25, 0.3) is 16.7 Å². The number of benzene rings is 4. The predicted molar refractivity (Wildman–Crippen MR) is 238 cm³/mol. The van der Waals surface area contributed by atoms with E-state index >= 15 is 0 Å². The van der Waals surface area contributed by atoms with Crippen molar-refractivity contribution in [2.45, 2.75) is 31.9 Å². The normalized spacial score (nSPS) is 18.7. The Kier molecular flexibility index (Phi) is 10.4. The monoisotopic (exact) mass is 934 g/mol. The summed E-state index contributed by atoms with van der Waals surface area (Å²) in [5, 5.41) is 0. The Balaban J connectivity index is 1.33. The lowest BCUT2D eigenvalue weighted by atomic mass is 9.89. The maximum Gasteiger partial charge on any atom is 0.294 e. The van der Waals surface area contributed by atoms with E-state index in [9.17, 15) is 51.9 Å². The van der Waals surface area contributed by atoms with E-state index in [1.54, 1.807) is 36.5 Å². The predicted octanol–water partition coefficient (Wildman–Crippen LogP) is 6.77. The molecule has 0 fully saturated rings. The molecule has 0 radical (unpaired) electrons. The van der Waals surface area contributed by atoms with Crippen LogP contribution in [0.15, 0.2) is 202 Å². The van der Waals surface area contributed by atoms with Crippen LogP contribution < -0.4 is 0 Å². The Morgan fingerprint density at radius 1 is 0.406 bits per heavy atom. The molecule has 8 bridgehead atoms. The van der Waals surface area contributed by atoms with Gasteiger partial charge in [-0.2, -0.15) is 33.7 Å². The van der Waals surface area contributed by atoms with E-state index in [1.165, 1.54) is 97.1 Å². The van der Waals surface area contributed by atoms with Crippen molar-refractivity contribution in [1.82, 2.24) is 0 Å². The van der Waals surface area contributed by atoms with Gasteiger partial charge in [0.15, 0.2) is 0 Å². The first-order valence-corrected chi connectivity index (χ1v) is 24.6. The maximum atomic E-state index is 12.0. The molecule has 16 nitrogen and oxygen atoms in total. The smallest absolute Gasteiger partial charge is 0.282 e. The van der Waals surface area contributed by atoms with Gasteiger partial charge in [0.05, 0.1) is 71.1 Å². The van der Waals surface area contributed by atoms with Crippen LogP contribution in [0, 0.1) is 0 Å². The van der Waals surface area contributed by atoms with Crippen LogP contribution in [-0.4, -0.2) is 74.7 Å². The van der Waals surface area contributed by atoms with Crippen LogP contribution in [0.1, 0.15) is 34.6 Å². The first-order chi connectivity index (χ1) is 30.2. The second-order valence-corrected chi connectivity index (χ2v) is 20.4. The van der Waals surface area contributed by atoms with E-state index in [0.29, 0.717) is 84.6 Å². The molecule has 9 rings (SSSR count). The van der Waals surface area contributed by atoms with Crippen LogP contribution in [0.5, 0.6) is 0 Å². The van der Waals surface area contributed by atoms with Crippen LogP contribution in [-0.2, 0) is 40.5 Å². The molecule has 0 aromatic heterocycles. The largest absolute Gasteiger partial charge is 0.294 e. The molecule has 4 aromatic rings. The maximum absolute atomic E-state index is 12.0. The summed E-state index contributed by atoms with van der Waals surface area (Å²) in [5.74, 6) is -0.759. The summed E-state index contributed by atoms with van der Waals surface area (Å²) in [6.07, 6.45) is 12.4. The third-order valence-electron chi connectivity index (χ3n) is 10.7. The minimum atomic E-state index is -4.55. The zero-order valence-electron chi connectivity index (χ0n) is 32.5. The summed E-state index contributed by atoms with van der Waals surface area (Å²) in [6.45, 7) is 0. The molecule has 1 atom stereocenters. The van der Waals surface area contributed by atoms with Crippen LogP contribution in [0.4, 0.5) is 0 Å². The van der Waals surface area contributed by atoms with Gasteiger partial charge in [0, 0.05) is 23.1 Å². The highest BCUT2D eigenvalue weighted by Crippen LogP contribution is 2.41. The lowest BCUT2D eigenvalue weighted by Gasteiger charge is -2.17. The Labute approximate surface area is 366 Å². The number of hydrogen-bond acceptors (Lipinski definition) is 12. The summed E-state index contributed by atoms with van der Waals surface area (Å²) >= 11 is 0. The molecule has 0 spiro atoms. The van der Waals surface area contributed by atoms with E-state index in [1.807, 2.05) is 6.08 Å². The summed E-state index contributed by atoms with van der Waals surface area (Å²) in [6, 6.07) is 22.0. The fraction of sp³-hybridized carbons (Fsp3) is 0.0455. The van der Waals surface area contributed by atoms with E-state index in [-0.39, 0.29) is 26.0 Å². The molecule has 0 aliphatic carbocycles. The Morgan fingerprint density at radius 3 is 1.23 bits per heavy atom. The third kappa shape index (κ3) is 8.19. The lowest BCUT2D eigenvalue weighted by Crippen LogP contribution is -2.18. The topological polar surface area (TPSA) is 267 Å². The highest BCUT2D eigenvalue weighted by atomic mass is 32.2. The second kappa shape index (κ2) is 15.6. The summed E-state index contributed by atoms with van der Waals surface area (Å²) in [7, 11) is -18.2. The van der Waals surface area contributed by atoms with Crippen molar-refractivity contribution in [3.8, 4) is 0 Å². The van der Waals surface area contributed by atoms with Gasteiger partial charge >= 0.3 is 0 Å². The average molecular weight is 935 g/mol. The summed E-state index contributed by atoms with van der Waals surface area (Å²) < 4.78 is 135. The van der Waals surface area contributed by atoms with Crippen LogP contribution in [0.2, 0.25) is 0 Å². The van der Waals surface area contributed by atoms with Gasteiger partial charge in [0.2, 0.25) is 0 Å². The number of nitrogens with zero attached hydrogens (tertiary/aromatic N) is 4. The molecule has 1 unspecified atom stereocenters. The van der Waals surface area contributed by atoms with Gasteiger partial charge in [-0.25, -0.2) is 4.99 Å². The zero-order chi connectivity index (χ0) is 45.3. The van der Waals surface area contributed by atoms with Gasteiger partial charge in [-0.3, -0.25) is 33.2 Å². The number of fused-ring (bicyclic) bond motifs is 4. The van der Waals surface area contributed by atoms with Gasteiger partial charge in [0.25, 0.3) is 40.5 Å². The lowest BCUT2D eigenvalue weighted by molar-refractivity contribution is 0.481. The van der Waals surface area contributed by atoms with Gasteiger partial charge in [-0.15, -0.1) is 0 Å². The fourth-order valence-electron chi connectivity index (χ4n) is 7.76. The average Bonchev–Trinajstić information content (AvgIpc) is 4.08. The molecule has 20 heteroatoms. The van der Waals surface area contributed by atoms with Gasteiger partial charge < -0.3 is 0 Å². The Hall–Kier alpha value is -6.62. The molecular weight excluding hydrogens is 905 g/mol. The SMILES string of the molecule is O=S(=O)(O)c1ccc(C2=C3C=CC(=N3)C(c3ccc(S(=O)(=O)O)cc3)=C3C=CC(=N3)C(c3ccc(S(=O)(=O)O)cc3)C3=NC(=C(c4ccc(S(=O)(=O)O)cc4)C4=NC2=CC4)C=C3)cc1. The fourth-order valence-corrected chi connectivity index (χ4v) is 9.68. The molecule has 5 aliphatic heterocycles. The van der Waals surface area contributed by atoms with E-state index in [0.717, 1.165) is 0 Å². The second-order valence-electron chi connectivity index (χ2n) is 14.7. The van der Waals surface area contributed by atoms with Gasteiger partial charge in [-0.1, -0.05) is 54.6 Å². The Morgan fingerprint density at radius 2 is 0.781 bits per heavy atom. The molecule has 4 N–H and O–H groups in total. The van der Waals surface area contributed by atoms with Crippen molar-refractivity contribution in [3.05, 3.63) is 185 Å². The molecule has 5 aliphatic rings. The zero-order valence-corrected chi connectivity index (χ0v) is 35.8. The van der Waals surface area contributed by atoms with E-state index in [2.05, 4.69) is 0 Å². The highest BCUT2D eigenvalue weighted by Gasteiger charge is 2.31. The quantitative estimate of drug-likeness (QED) is 0.133. The molecule has 0 saturated carbocycles. The highest BCUT2D eigenvalue weighted by molar-refractivity contribution is 7.86. The standard InChI is InChI=1S/C44H30N4O12S4/c49-61(50,51)29-9-1-25(2-10-29)41-33-17-19-35(45-33)42(26-3-11-30(12-4-26)62(52,53)54)37-21-23-39(47-37)44(28-7-15-32(16-8-28)64(58,59)60)40-24-22-38(48-40)43(36-20-18-34(41)46-36)27-5-13-31(14-6-27)63(55,56)57/h1-23,42H,24H2,(H,49,50,51)(H,52,53,54)(H,55,56,57)(H,58,59,60). The Bertz CT molecular complexity index is 3560. The molecule has 322 valence electrons. The molecule has 0 saturated heterocycles. The van der Waals surface area contributed by atoms with Crippen molar-refractivity contribution < 1.29 is 51.9 Å². The van der Waals surface area contributed by atoms with Crippen molar-refractivity contribution >= 4 is 80.0 Å². The van der Waals surface area contributed by atoms with Gasteiger partial charge in [0.1, 0.15) is 0 Å². The third-order valence-corrected chi connectivity index (χ3v) is 14.2. The van der Waals surface area contributed by atoms with Crippen LogP contribution >= 0.6 is 0 Å². The van der Waals surface area contributed by atoms with Crippen molar-refractivity contribution in [3.63, 3.8) is 0 Å².